The van der Waals surface area contributed by atoms with Gasteiger partial charge in [0, 0.05) is 56.7 Å². The Morgan fingerprint density at radius 1 is 0.210 bits per heavy atom. The summed E-state index contributed by atoms with van der Waals surface area (Å²) < 4.78 is 118. The average molecular weight is 1850 g/mol. The van der Waals surface area contributed by atoms with Gasteiger partial charge in [0.2, 0.25) is 0 Å². The van der Waals surface area contributed by atoms with Crippen molar-refractivity contribution in [3.05, 3.63) is 364 Å². The quantitative estimate of drug-likeness (QED) is 0.0245. The summed E-state index contributed by atoms with van der Waals surface area (Å²) in [7, 11) is -27.6. The molecule has 0 amide bonds. The molecule has 0 saturated heterocycles. The van der Waals surface area contributed by atoms with Crippen LogP contribution >= 0.6 is 102 Å². The van der Waals surface area contributed by atoms with Gasteiger partial charge < -0.3 is 0 Å². The summed E-state index contributed by atoms with van der Waals surface area (Å²) in [5, 5.41) is 18.7. The van der Waals surface area contributed by atoms with Gasteiger partial charge in [-0.05, 0) is 132 Å². The van der Waals surface area contributed by atoms with Crippen LogP contribution in [0.1, 0.15) is 0 Å². The van der Waals surface area contributed by atoms with Crippen LogP contribution in [0.5, 0.6) is 0 Å². The van der Waals surface area contributed by atoms with Gasteiger partial charge in [0.1, 0.15) is 37.1 Å². The van der Waals surface area contributed by atoms with Gasteiger partial charge in [0.05, 0.1) is 92.5 Å². The fourth-order valence-corrected chi connectivity index (χ4v) is 48.2. The molecule has 0 bridgehead atoms. The van der Waals surface area contributed by atoms with Crippen molar-refractivity contribution in [1.82, 2.24) is 0 Å². The Bertz CT molecular complexity index is 3640. The molecule has 105 heavy (non-hydrogen) atoms. The van der Waals surface area contributed by atoms with E-state index in [1.54, 1.807) is 21.2 Å². The summed E-state index contributed by atoms with van der Waals surface area (Å²) in [6, 6.07) is 137. The van der Waals surface area contributed by atoms with Crippen LogP contribution in [0.4, 0.5) is 50.4 Å². The van der Waals surface area contributed by atoms with Gasteiger partial charge in [0.15, 0.2) is 11.8 Å². The third-order valence-electron chi connectivity index (χ3n) is 15.8. The first-order chi connectivity index (χ1) is 49.0. The zero-order valence-electron chi connectivity index (χ0n) is 56.3. The standard InChI is InChI=1S/2C39H36P4.CH2Cl2.2F6P.2Pd/c2*1-7-19-34(20-8-1)40(32-42(36-23-11-3-12-24-36)37-25-13-4-14-26-37)31-41(35-21-9-2-10-22-35)33-43(38-27-15-5-16-28-38)39-29-17-6-18-30-39;2-1-3;2*1-7(2,3,4,5)6;;/h2*1-30H,31-33H2;1H2;;;;/q;;;2*-1;;/p+6/t2*40-,41?;;;;;/m00...../s1. The van der Waals surface area contributed by atoms with Crippen molar-refractivity contribution < 1.29 is 91.2 Å². The molecule has 0 radical (unpaired) electrons. The molecule has 0 N–H and O–H groups in total. The SMILES string of the molecule is ClCCl.F[P-](F)(F)(F)(F)F.F[P-](F)(F)(F)(F)F.[Pd].[Pd].c1ccc([P@@](C[PH+](C[PH+](c2ccccc2)c2ccccc2)c2ccccc2)C[PH+](c2ccccc2)c2ccccc2)cc1.c1ccc([P@@](C[PH+](C[PH+](c2ccccc2)c2ccccc2)c2ccccc2)C[PH+](c2ccccc2)c2ccccc2)cc1. The third kappa shape index (κ3) is 35.7. The summed E-state index contributed by atoms with van der Waals surface area (Å²) in [5.74, 6) is 7.70. The van der Waals surface area contributed by atoms with Gasteiger partial charge in [-0.3, -0.25) is 0 Å². The largest absolute Gasteiger partial charge is 0.170 e. The molecular weight excluding hydrogens is 1770 g/mol. The summed E-state index contributed by atoms with van der Waals surface area (Å²) >= 11 is 9.53. The van der Waals surface area contributed by atoms with E-state index in [9.17, 15) is 50.4 Å². The predicted molar refractivity (Wildman–Crippen MR) is 450 cm³/mol. The molecule has 0 heterocycles. The number of benzene rings is 12. The van der Waals surface area contributed by atoms with Crippen molar-refractivity contribution in [2.45, 2.75) is 0 Å². The van der Waals surface area contributed by atoms with E-state index in [0.29, 0.717) is 0 Å². The fourth-order valence-electron chi connectivity index (χ4n) is 11.4. The molecule has 12 rings (SSSR count). The van der Waals surface area contributed by atoms with Crippen molar-refractivity contribution in [1.29, 1.82) is 0 Å². The molecule has 12 aromatic rings. The van der Waals surface area contributed by atoms with E-state index in [4.69, 9.17) is 23.2 Å². The van der Waals surface area contributed by atoms with E-state index in [0.717, 1.165) is 0 Å². The van der Waals surface area contributed by atoms with Gasteiger partial charge in [-0.2, -0.15) is 0 Å². The second-order valence-electron chi connectivity index (χ2n) is 23.5. The van der Waals surface area contributed by atoms with Gasteiger partial charge in [0.25, 0.3) is 0 Å². The summed E-state index contributed by atoms with van der Waals surface area (Å²) in [6.07, 6.45) is 0. The van der Waals surface area contributed by atoms with E-state index in [1.807, 2.05) is 0 Å². The molecule has 26 heteroatoms. The molecular formula is C79H80Cl2F12P10Pd2+4. The van der Waals surface area contributed by atoms with E-state index in [2.05, 4.69) is 364 Å². The number of hydrogen-bond donors (Lipinski definition) is 0. The molecule has 560 valence electrons. The Labute approximate surface area is 656 Å². The molecule has 0 nitrogen and oxygen atoms in total. The summed E-state index contributed by atoms with van der Waals surface area (Å²) in [5.41, 5.74) is 0. The third-order valence-corrected chi connectivity index (χ3v) is 46.4. The maximum Gasteiger partial charge on any atom is 0.170 e. The van der Waals surface area contributed by atoms with E-state index < -0.39 is 63.1 Å². The maximum absolute atomic E-state index is 10.7. The zero-order valence-corrected chi connectivity index (χ0v) is 70.5. The Kier molecular flexibility index (Phi) is 35.8. The number of halogens is 14. The van der Waals surface area contributed by atoms with Crippen LogP contribution in [0.15, 0.2) is 364 Å². The molecule has 0 aromatic heterocycles. The molecule has 0 aliphatic rings. The Hall–Kier alpha value is -4.00. The molecule has 12 aromatic carbocycles. The van der Waals surface area contributed by atoms with Crippen LogP contribution in [-0.2, 0) is 40.8 Å². The molecule has 0 fully saturated rings. The number of alkyl halides is 2. The average Bonchev–Trinajstić information content (AvgIpc) is 0.786. The number of hydrogen-bond acceptors (Lipinski definition) is 0. The molecule has 0 aliphatic carbocycles. The molecule has 4 atom stereocenters. The van der Waals surface area contributed by atoms with Crippen molar-refractivity contribution >= 4 is 166 Å². The Morgan fingerprint density at radius 3 is 0.505 bits per heavy atom. The van der Waals surface area contributed by atoms with E-state index >= 15 is 0 Å². The van der Waals surface area contributed by atoms with Crippen molar-refractivity contribution in [3.63, 3.8) is 0 Å². The second kappa shape index (κ2) is 41.9. The Morgan fingerprint density at radius 2 is 0.343 bits per heavy atom. The van der Waals surface area contributed by atoms with Crippen LogP contribution in [0.3, 0.4) is 0 Å². The second-order valence-corrected chi connectivity index (χ2v) is 51.3. The Balaban J connectivity index is 0.000000266. The summed E-state index contributed by atoms with van der Waals surface area (Å²) in [6.45, 7) is 0. The molecule has 0 spiro atoms. The van der Waals surface area contributed by atoms with Gasteiger partial charge >= 0.3 is 66.0 Å². The van der Waals surface area contributed by atoms with Crippen LogP contribution in [0.2, 0.25) is 0 Å². The maximum atomic E-state index is 9.87. The summed E-state index contributed by atoms with van der Waals surface area (Å²) in [4.78, 5) is 0. The van der Waals surface area contributed by atoms with Crippen LogP contribution in [0, 0.1) is 0 Å². The normalized spacial score (nSPS) is 13.7. The van der Waals surface area contributed by atoms with Crippen molar-refractivity contribution in [2.75, 3.05) is 40.8 Å². The molecule has 0 aliphatic heterocycles. The van der Waals surface area contributed by atoms with Crippen molar-refractivity contribution in [3.8, 4) is 0 Å². The molecule has 0 saturated carbocycles. The smallest absolute Gasteiger partial charge is 0.0622 e. The topological polar surface area (TPSA) is 0 Å². The molecule has 2 unspecified atom stereocenters. The van der Waals surface area contributed by atoms with Gasteiger partial charge in [-0.25, -0.2) is 0 Å². The minimum Gasteiger partial charge on any atom is -0.0622 e. The van der Waals surface area contributed by atoms with E-state index in [1.165, 1.54) is 77.9 Å². The van der Waals surface area contributed by atoms with Crippen LogP contribution in [0.25, 0.3) is 0 Å². The first-order valence-electron chi connectivity index (χ1n) is 32.5. The van der Waals surface area contributed by atoms with E-state index in [-0.39, 0.29) is 62.0 Å². The first-order valence-corrected chi connectivity index (χ1v) is 51.7. The van der Waals surface area contributed by atoms with Gasteiger partial charge in [-0.1, -0.05) is 243 Å². The number of rotatable bonds is 24. The zero-order chi connectivity index (χ0) is 73.7. The monoisotopic (exact) mass is 1850 g/mol. The first kappa shape index (κ1) is 89.9. The van der Waals surface area contributed by atoms with Crippen LogP contribution < -0.4 is 63.7 Å². The van der Waals surface area contributed by atoms with Crippen LogP contribution in [-0.4, -0.2) is 40.8 Å². The van der Waals surface area contributed by atoms with Crippen molar-refractivity contribution in [2.24, 2.45) is 0 Å². The fraction of sp³-hybridized carbons (Fsp3) is 0.0886. The minimum absolute atomic E-state index is 0. The minimum atomic E-state index is -10.7. The van der Waals surface area contributed by atoms with Gasteiger partial charge in [-0.15, -0.1) is 23.2 Å². The predicted octanol–water partition coefficient (Wildman–Crippen LogP) is 24.1.